The Balaban J connectivity index is 2.23. The minimum atomic E-state index is -1.18. The number of aryl methyl sites for hydroxylation is 1. The number of aromatic amines is 1. The Bertz CT molecular complexity index is 504. The minimum absolute atomic E-state index is 0.0244. The lowest BCUT2D eigenvalue weighted by molar-refractivity contribution is 0.0687. The predicted molar refractivity (Wildman–Crippen MR) is 54.6 cm³/mol. The number of rotatable bonds is 3. The average molecular weight is 219 g/mol. The molecule has 2 rings (SSSR count). The Labute approximate surface area is 90.9 Å². The van der Waals surface area contributed by atoms with E-state index in [0.29, 0.717) is 5.75 Å². The molecule has 6 nitrogen and oxygen atoms in total. The summed E-state index contributed by atoms with van der Waals surface area (Å²) in [5, 5.41) is 17.9. The molecule has 16 heavy (non-hydrogen) atoms. The second kappa shape index (κ2) is 4.01. The van der Waals surface area contributed by atoms with Crippen molar-refractivity contribution in [2.75, 3.05) is 0 Å². The molecule has 6 heteroatoms. The fraction of sp³-hybridized carbons (Fsp3) is 0.100. The van der Waals surface area contributed by atoms with Gasteiger partial charge in [-0.2, -0.15) is 0 Å². The molecule has 0 atom stereocenters. The molecular weight excluding hydrogens is 210 g/mol. The predicted octanol–water partition coefficient (Wildman–Crippen LogP) is 1.60. The summed E-state index contributed by atoms with van der Waals surface area (Å²) in [5.74, 6) is -0.633. The van der Waals surface area contributed by atoms with E-state index in [4.69, 9.17) is 9.84 Å². The first-order valence-corrected chi connectivity index (χ1v) is 4.55. The van der Waals surface area contributed by atoms with Gasteiger partial charge >= 0.3 is 5.97 Å². The van der Waals surface area contributed by atoms with Crippen LogP contribution in [0.3, 0.4) is 0 Å². The number of benzene rings is 1. The van der Waals surface area contributed by atoms with Crippen LogP contribution in [0.2, 0.25) is 0 Å². The first kappa shape index (κ1) is 10.2. The number of H-pyrrole nitrogens is 1. The number of carboxylic acid groups (broad SMARTS) is 1. The zero-order valence-electron chi connectivity index (χ0n) is 8.47. The lowest BCUT2D eigenvalue weighted by Gasteiger charge is -2.02. The summed E-state index contributed by atoms with van der Waals surface area (Å²) in [4.78, 5) is 10.7. The summed E-state index contributed by atoms with van der Waals surface area (Å²) in [6.45, 7) is 1.95. The van der Waals surface area contributed by atoms with E-state index in [9.17, 15) is 4.79 Å². The van der Waals surface area contributed by atoms with Gasteiger partial charge in [0.05, 0.1) is 0 Å². The fourth-order valence-electron chi connectivity index (χ4n) is 1.15. The Morgan fingerprint density at radius 2 is 2.06 bits per heavy atom. The lowest BCUT2D eigenvalue weighted by Crippen LogP contribution is -1.99. The first-order valence-electron chi connectivity index (χ1n) is 4.55. The number of ether oxygens (including phenoxy) is 1. The van der Waals surface area contributed by atoms with Crippen LogP contribution < -0.4 is 4.74 Å². The highest BCUT2D eigenvalue weighted by Gasteiger charge is 2.16. The highest BCUT2D eigenvalue weighted by molar-refractivity contribution is 5.87. The van der Waals surface area contributed by atoms with Crippen molar-refractivity contribution in [1.82, 2.24) is 15.4 Å². The normalized spacial score (nSPS) is 10.1. The maximum Gasteiger partial charge on any atom is 0.362 e. The van der Waals surface area contributed by atoms with Crippen LogP contribution in [-0.4, -0.2) is 26.5 Å². The van der Waals surface area contributed by atoms with E-state index in [1.165, 1.54) is 0 Å². The number of hydrogen-bond acceptors (Lipinski definition) is 4. The van der Waals surface area contributed by atoms with Gasteiger partial charge in [0.1, 0.15) is 5.75 Å². The van der Waals surface area contributed by atoms with E-state index in [1.807, 2.05) is 19.1 Å². The Morgan fingerprint density at radius 1 is 1.38 bits per heavy atom. The standard InChI is InChI=1S/C10H9N3O3/c1-6-2-4-7(5-3-6)16-9-8(10(14)15)11-13-12-9/h2-5H,1H3,(H,14,15)(H,11,12,13). The van der Waals surface area contributed by atoms with Crippen molar-refractivity contribution in [3.63, 3.8) is 0 Å². The summed E-state index contributed by atoms with van der Waals surface area (Å²) in [6, 6.07) is 7.20. The third kappa shape index (κ3) is 2.00. The summed E-state index contributed by atoms with van der Waals surface area (Å²) < 4.78 is 5.30. The highest BCUT2D eigenvalue weighted by atomic mass is 16.5. The van der Waals surface area contributed by atoms with E-state index >= 15 is 0 Å². The molecule has 0 saturated carbocycles. The van der Waals surface area contributed by atoms with Crippen LogP contribution in [0.1, 0.15) is 16.1 Å². The van der Waals surface area contributed by atoms with Gasteiger partial charge in [-0.15, -0.1) is 5.10 Å². The van der Waals surface area contributed by atoms with Gasteiger partial charge in [0.25, 0.3) is 5.88 Å². The molecule has 0 fully saturated rings. The van der Waals surface area contributed by atoms with Crippen LogP contribution in [0, 0.1) is 6.92 Å². The van der Waals surface area contributed by atoms with Crippen LogP contribution in [-0.2, 0) is 0 Å². The highest BCUT2D eigenvalue weighted by Crippen LogP contribution is 2.21. The Hall–Kier alpha value is -2.37. The summed E-state index contributed by atoms with van der Waals surface area (Å²) >= 11 is 0. The van der Waals surface area contributed by atoms with Crippen LogP contribution in [0.5, 0.6) is 11.6 Å². The number of nitrogens with zero attached hydrogens (tertiary/aromatic N) is 2. The molecule has 0 amide bonds. The smallest absolute Gasteiger partial charge is 0.362 e. The maximum absolute atomic E-state index is 10.7. The molecule has 1 aromatic heterocycles. The average Bonchev–Trinajstić information content (AvgIpc) is 2.69. The van der Waals surface area contributed by atoms with Crippen molar-refractivity contribution in [3.05, 3.63) is 35.5 Å². The third-order valence-corrected chi connectivity index (χ3v) is 1.96. The van der Waals surface area contributed by atoms with Gasteiger partial charge in [0.15, 0.2) is 0 Å². The van der Waals surface area contributed by atoms with Crippen molar-refractivity contribution in [2.24, 2.45) is 0 Å². The van der Waals surface area contributed by atoms with Crippen molar-refractivity contribution < 1.29 is 14.6 Å². The van der Waals surface area contributed by atoms with Gasteiger partial charge in [0.2, 0.25) is 5.69 Å². The molecule has 2 N–H and O–H groups in total. The second-order valence-corrected chi connectivity index (χ2v) is 3.21. The van der Waals surface area contributed by atoms with E-state index in [0.717, 1.165) is 5.56 Å². The molecule has 2 aromatic rings. The number of carboxylic acids is 1. The largest absolute Gasteiger partial charge is 0.476 e. The zero-order valence-corrected chi connectivity index (χ0v) is 8.47. The van der Waals surface area contributed by atoms with Gasteiger partial charge in [-0.25, -0.2) is 9.89 Å². The van der Waals surface area contributed by atoms with E-state index in [1.54, 1.807) is 12.1 Å². The van der Waals surface area contributed by atoms with E-state index < -0.39 is 5.97 Å². The molecule has 0 saturated heterocycles. The molecule has 0 bridgehead atoms. The number of aromatic nitrogens is 3. The Kier molecular flexibility index (Phi) is 2.55. The van der Waals surface area contributed by atoms with Crippen LogP contribution in [0.15, 0.2) is 24.3 Å². The molecule has 0 aliphatic carbocycles. The summed E-state index contributed by atoms with van der Waals surface area (Å²) in [5.41, 5.74) is 0.856. The second-order valence-electron chi connectivity index (χ2n) is 3.21. The molecule has 1 aromatic carbocycles. The molecule has 0 aliphatic rings. The molecule has 0 unspecified atom stereocenters. The van der Waals surface area contributed by atoms with Crippen LogP contribution >= 0.6 is 0 Å². The molecule has 82 valence electrons. The maximum atomic E-state index is 10.7. The lowest BCUT2D eigenvalue weighted by atomic mass is 10.2. The molecule has 0 spiro atoms. The SMILES string of the molecule is Cc1ccc(Oc2[nH]nnc2C(=O)O)cc1. The van der Waals surface area contributed by atoms with Crippen molar-refractivity contribution in [3.8, 4) is 11.6 Å². The number of aromatic carboxylic acids is 1. The third-order valence-electron chi connectivity index (χ3n) is 1.96. The quantitative estimate of drug-likeness (QED) is 0.818. The van der Waals surface area contributed by atoms with Crippen molar-refractivity contribution in [1.29, 1.82) is 0 Å². The van der Waals surface area contributed by atoms with Crippen LogP contribution in [0.25, 0.3) is 0 Å². The van der Waals surface area contributed by atoms with Crippen LogP contribution in [0.4, 0.5) is 0 Å². The van der Waals surface area contributed by atoms with Gasteiger partial charge in [-0.05, 0) is 19.1 Å². The molecule has 1 heterocycles. The fourth-order valence-corrected chi connectivity index (χ4v) is 1.15. The van der Waals surface area contributed by atoms with E-state index in [2.05, 4.69) is 15.4 Å². The van der Waals surface area contributed by atoms with Gasteiger partial charge < -0.3 is 9.84 Å². The first-order chi connectivity index (χ1) is 7.66. The topological polar surface area (TPSA) is 88.1 Å². The minimum Gasteiger partial charge on any atom is -0.476 e. The monoisotopic (exact) mass is 219 g/mol. The zero-order chi connectivity index (χ0) is 11.5. The van der Waals surface area contributed by atoms with Crippen molar-refractivity contribution in [2.45, 2.75) is 6.92 Å². The number of hydrogen-bond donors (Lipinski definition) is 2. The van der Waals surface area contributed by atoms with Gasteiger partial charge in [-0.1, -0.05) is 22.9 Å². The number of nitrogens with one attached hydrogen (secondary N) is 1. The molecule has 0 radical (unpaired) electrons. The number of carbonyl (C=O) groups is 1. The van der Waals surface area contributed by atoms with Crippen molar-refractivity contribution >= 4 is 5.97 Å². The Morgan fingerprint density at radius 3 is 2.69 bits per heavy atom. The van der Waals surface area contributed by atoms with Gasteiger partial charge in [0, 0.05) is 0 Å². The van der Waals surface area contributed by atoms with Gasteiger partial charge in [-0.3, -0.25) is 0 Å². The molecular formula is C10H9N3O3. The summed E-state index contributed by atoms with van der Waals surface area (Å²) in [6.07, 6.45) is 0. The summed E-state index contributed by atoms with van der Waals surface area (Å²) in [7, 11) is 0. The molecule has 0 aliphatic heterocycles. The van der Waals surface area contributed by atoms with E-state index in [-0.39, 0.29) is 11.6 Å².